The predicted octanol–water partition coefficient (Wildman–Crippen LogP) is 2.12. The molecule has 2 N–H and O–H groups in total. The van der Waals surface area contributed by atoms with Gasteiger partial charge < -0.3 is 5.73 Å². The summed E-state index contributed by atoms with van der Waals surface area (Å²) in [7, 11) is 0. The van der Waals surface area contributed by atoms with Gasteiger partial charge in [0.2, 0.25) is 0 Å². The van der Waals surface area contributed by atoms with Gasteiger partial charge in [-0.1, -0.05) is 15.9 Å². The van der Waals surface area contributed by atoms with Gasteiger partial charge in [-0.25, -0.2) is 8.78 Å². The molecule has 0 aromatic heterocycles. The molecule has 0 aliphatic carbocycles. The second-order valence-corrected chi connectivity index (χ2v) is 2.97. The number of Topliss-reactive ketones (excluding diaryl/α,β-unsaturated/α-hetero) is 1. The van der Waals surface area contributed by atoms with E-state index in [0.29, 0.717) is 0 Å². The van der Waals surface area contributed by atoms with Crippen molar-refractivity contribution in [3.63, 3.8) is 0 Å². The Morgan fingerprint density at radius 1 is 1.38 bits per heavy atom. The van der Waals surface area contributed by atoms with Crippen LogP contribution in [0.15, 0.2) is 12.1 Å². The molecule has 0 spiro atoms. The number of alkyl halides is 1. The van der Waals surface area contributed by atoms with Crippen LogP contribution in [0.25, 0.3) is 0 Å². The number of hydrogen-bond donors (Lipinski definition) is 1. The molecule has 0 amide bonds. The molecule has 0 heterocycles. The zero-order valence-corrected chi connectivity index (χ0v) is 8.07. The number of nitrogens with two attached hydrogens (primary N) is 1. The second-order valence-electron chi connectivity index (χ2n) is 2.41. The minimum atomic E-state index is -1.07. The molecule has 0 aliphatic heterocycles. The Morgan fingerprint density at radius 2 is 1.92 bits per heavy atom. The third-order valence-electron chi connectivity index (χ3n) is 1.51. The van der Waals surface area contributed by atoms with Gasteiger partial charge in [-0.2, -0.15) is 0 Å². The first-order chi connectivity index (χ1) is 6.06. The van der Waals surface area contributed by atoms with Gasteiger partial charge in [0.15, 0.2) is 17.4 Å². The molecule has 0 atom stereocenters. The SMILES string of the molecule is Nc1cc(F)c(F)cc1C(=O)CBr. The number of halogens is 3. The average molecular weight is 250 g/mol. The molecule has 0 fully saturated rings. The number of nitrogen functional groups attached to an aromatic ring is 1. The van der Waals surface area contributed by atoms with Gasteiger partial charge >= 0.3 is 0 Å². The van der Waals surface area contributed by atoms with Gasteiger partial charge in [0.25, 0.3) is 0 Å². The molecule has 70 valence electrons. The van der Waals surface area contributed by atoms with Crippen LogP contribution in [0.5, 0.6) is 0 Å². The molecule has 0 unspecified atom stereocenters. The maximum absolute atomic E-state index is 12.7. The molecule has 0 aliphatic rings. The molecule has 5 heteroatoms. The minimum Gasteiger partial charge on any atom is -0.398 e. The highest BCUT2D eigenvalue weighted by molar-refractivity contribution is 9.09. The van der Waals surface area contributed by atoms with E-state index in [4.69, 9.17) is 5.73 Å². The van der Waals surface area contributed by atoms with E-state index >= 15 is 0 Å². The van der Waals surface area contributed by atoms with Crippen molar-refractivity contribution < 1.29 is 13.6 Å². The van der Waals surface area contributed by atoms with Crippen molar-refractivity contribution in [2.24, 2.45) is 0 Å². The van der Waals surface area contributed by atoms with Crippen LogP contribution in [-0.4, -0.2) is 11.1 Å². The van der Waals surface area contributed by atoms with E-state index in [0.717, 1.165) is 12.1 Å². The van der Waals surface area contributed by atoms with Crippen molar-refractivity contribution in [2.45, 2.75) is 0 Å². The average Bonchev–Trinajstić information content (AvgIpc) is 2.10. The van der Waals surface area contributed by atoms with Crippen LogP contribution in [0, 0.1) is 11.6 Å². The Labute approximate surface area is 81.9 Å². The third kappa shape index (κ3) is 2.03. The van der Waals surface area contributed by atoms with Crippen LogP contribution >= 0.6 is 15.9 Å². The lowest BCUT2D eigenvalue weighted by Crippen LogP contribution is -2.06. The van der Waals surface area contributed by atoms with E-state index in [2.05, 4.69) is 15.9 Å². The van der Waals surface area contributed by atoms with Crippen molar-refractivity contribution in [1.29, 1.82) is 0 Å². The molecule has 0 radical (unpaired) electrons. The molecule has 0 bridgehead atoms. The zero-order chi connectivity index (χ0) is 10.0. The maximum Gasteiger partial charge on any atom is 0.175 e. The maximum atomic E-state index is 12.7. The summed E-state index contributed by atoms with van der Waals surface area (Å²) >= 11 is 2.91. The lowest BCUT2D eigenvalue weighted by molar-refractivity contribution is 0.102. The van der Waals surface area contributed by atoms with Crippen molar-refractivity contribution >= 4 is 27.4 Å². The number of carbonyl (C=O) groups excluding carboxylic acids is 1. The minimum absolute atomic E-state index is 0.00391. The van der Waals surface area contributed by atoms with Crippen LogP contribution in [-0.2, 0) is 0 Å². The number of rotatable bonds is 2. The molecular weight excluding hydrogens is 244 g/mol. The smallest absolute Gasteiger partial charge is 0.175 e. The normalized spacial score (nSPS) is 10.1. The number of ketones is 1. The highest BCUT2D eigenvalue weighted by Crippen LogP contribution is 2.17. The van der Waals surface area contributed by atoms with E-state index in [1.165, 1.54) is 0 Å². The summed E-state index contributed by atoms with van der Waals surface area (Å²) in [6, 6.07) is 1.60. The molecule has 1 aromatic carbocycles. The fraction of sp³-hybridized carbons (Fsp3) is 0.125. The monoisotopic (exact) mass is 249 g/mol. The van der Waals surface area contributed by atoms with Crippen molar-refractivity contribution in [3.05, 3.63) is 29.3 Å². The highest BCUT2D eigenvalue weighted by Gasteiger charge is 2.12. The first-order valence-corrected chi connectivity index (χ1v) is 4.52. The summed E-state index contributed by atoms with van der Waals surface area (Å²) in [5.74, 6) is -2.50. The van der Waals surface area contributed by atoms with Gasteiger partial charge in [0, 0.05) is 17.3 Å². The second kappa shape index (κ2) is 3.83. The molecule has 0 saturated carbocycles. The largest absolute Gasteiger partial charge is 0.398 e. The molecule has 13 heavy (non-hydrogen) atoms. The Kier molecular flexibility index (Phi) is 2.98. The Balaban J connectivity index is 3.23. The van der Waals surface area contributed by atoms with E-state index < -0.39 is 11.6 Å². The zero-order valence-electron chi connectivity index (χ0n) is 6.48. The summed E-state index contributed by atoms with van der Waals surface area (Å²) in [6.07, 6.45) is 0. The van der Waals surface area contributed by atoms with Crippen LogP contribution in [0.1, 0.15) is 10.4 Å². The van der Waals surface area contributed by atoms with Crippen molar-refractivity contribution in [1.82, 2.24) is 0 Å². The molecule has 1 rings (SSSR count). The number of hydrogen-bond acceptors (Lipinski definition) is 2. The van der Waals surface area contributed by atoms with Crippen LogP contribution in [0.3, 0.4) is 0 Å². The summed E-state index contributed by atoms with van der Waals surface area (Å²) in [5, 5.41) is 0.0300. The lowest BCUT2D eigenvalue weighted by Gasteiger charge is -2.02. The van der Waals surface area contributed by atoms with E-state index in [-0.39, 0.29) is 22.4 Å². The molecule has 1 aromatic rings. The number of anilines is 1. The van der Waals surface area contributed by atoms with Gasteiger partial charge in [-0.15, -0.1) is 0 Å². The summed E-state index contributed by atoms with van der Waals surface area (Å²) < 4.78 is 25.2. The topological polar surface area (TPSA) is 43.1 Å². The van der Waals surface area contributed by atoms with Gasteiger partial charge in [0.1, 0.15) is 0 Å². The third-order valence-corrected chi connectivity index (χ3v) is 2.02. The van der Waals surface area contributed by atoms with E-state index in [1.807, 2.05) is 0 Å². The Bertz CT molecular complexity index is 354. The van der Waals surface area contributed by atoms with E-state index in [1.54, 1.807) is 0 Å². The van der Waals surface area contributed by atoms with Gasteiger partial charge in [0.05, 0.1) is 5.33 Å². The first kappa shape index (κ1) is 10.1. The Hall–Kier alpha value is -0.970. The predicted molar refractivity (Wildman–Crippen MR) is 48.9 cm³/mol. The quantitative estimate of drug-likeness (QED) is 0.496. The lowest BCUT2D eigenvalue weighted by atomic mass is 10.1. The van der Waals surface area contributed by atoms with Crippen LogP contribution in [0.4, 0.5) is 14.5 Å². The number of carbonyl (C=O) groups is 1. The van der Waals surface area contributed by atoms with Gasteiger partial charge in [-0.05, 0) is 6.07 Å². The van der Waals surface area contributed by atoms with Crippen LogP contribution in [0.2, 0.25) is 0 Å². The van der Waals surface area contributed by atoms with Crippen molar-refractivity contribution in [3.8, 4) is 0 Å². The number of benzene rings is 1. The highest BCUT2D eigenvalue weighted by atomic mass is 79.9. The molecule has 2 nitrogen and oxygen atoms in total. The van der Waals surface area contributed by atoms with Crippen molar-refractivity contribution in [2.75, 3.05) is 11.1 Å². The fourth-order valence-corrected chi connectivity index (χ4v) is 1.18. The van der Waals surface area contributed by atoms with Gasteiger partial charge in [-0.3, -0.25) is 4.79 Å². The van der Waals surface area contributed by atoms with E-state index in [9.17, 15) is 13.6 Å². The standard InChI is InChI=1S/C8H6BrF2NO/c9-3-8(13)4-1-5(10)6(11)2-7(4)12/h1-2H,3,12H2. The summed E-state index contributed by atoms with van der Waals surface area (Å²) in [4.78, 5) is 11.1. The molecular formula is C8H6BrF2NO. The summed E-state index contributed by atoms with van der Waals surface area (Å²) in [5.41, 5.74) is 5.26. The first-order valence-electron chi connectivity index (χ1n) is 3.40. The summed E-state index contributed by atoms with van der Waals surface area (Å²) in [6.45, 7) is 0. The molecule has 0 saturated heterocycles. The Morgan fingerprint density at radius 3 is 2.46 bits per heavy atom. The fourth-order valence-electron chi connectivity index (χ4n) is 0.876. The van der Waals surface area contributed by atoms with Crippen LogP contribution < -0.4 is 5.73 Å².